The number of benzene rings is 3. The molecule has 0 saturated carbocycles. The molecule has 0 fully saturated rings. The Bertz CT molecular complexity index is 1130. The van der Waals surface area contributed by atoms with Crippen LogP contribution >= 0.6 is 23.8 Å². The molecule has 1 aliphatic rings. The van der Waals surface area contributed by atoms with Crippen molar-refractivity contribution in [3.05, 3.63) is 94.0 Å². The van der Waals surface area contributed by atoms with E-state index in [1.54, 1.807) is 24.3 Å². The topological polar surface area (TPSA) is 49.4 Å². The molecule has 1 N–H and O–H groups in total. The summed E-state index contributed by atoms with van der Waals surface area (Å²) in [5.41, 5.74) is 3.71. The number of carbonyl (C=O) groups excluding carboxylic acids is 2. The zero-order valence-corrected chi connectivity index (χ0v) is 16.5. The smallest absolute Gasteiger partial charge is 0.266 e. The van der Waals surface area contributed by atoms with Crippen LogP contribution in [0.25, 0.3) is 0 Å². The third kappa shape index (κ3) is 3.19. The summed E-state index contributed by atoms with van der Waals surface area (Å²) in [6.07, 6.45) is 0. The average molecular weight is 407 g/mol. The normalized spacial score (nSPS) is 12.9. The van der Waals surface area contributed by atoms with Gasteiger partial charge in [-0.15, -0.1) is 0 Å². The SMILES string of the molecule is Cc1cc(NC(=S)c2ccccc2)ccc1N1C(=O)c2ccc(Cl)cc2C1=O. The first kappa shape index (κ1) is 18.3. The molecule has 0 unspecified atom stereocenters. The monoisotopic (exact) mass is 406 g/mol. The number of anilines is 2. The molecule has 6 heteroatoms. The summed E-state index contributed by atoms with van der Waals surface area (Å²) in [6.45, 7) is 1.85. The standard InChI is InChI=1S/C22H15ClN2O2S/c1-13-11-16(24-20(28)14-5-3-2-4-6-14)8-10-19(13)25-21(26)17-9-7-15(23)12-18(17)22(25)27/h2-12H,1H3,(H,24,28). The number of imide groups is 1. The minimum Gasteiger partial charge on any atom is -0.346 e. The predicted octanol–water partition coefficient (Wildman–Crippen LogP) is 5.24. The van der Waals surface area contributed by atoms with Gasteiger partial charge in [0.1, 0.15) is 4.99 Å². The van der Waals surface area contributed by atoms with Crippen molar-refractivity contribution in [3.8, 4) is 0 Å². The fourth-order valence-electron chi connectivity index (χ4n) is 3.21. The number of carbonyl (C=O) groups is 2. The van der Waals surface area contributed by atoms with Crippen molar-refractivity contribution in [1.82, 2.24) is 0 Å². The number of nitrogens with one attached hydrogen (secondary N) is 1. The number of aryl methyl sites for hydroxylation is 1. The van der Waals surface area contributed by atoms with E-state index in [0.717, 1.165) is 16.8 Å². The molecule has 1 heterocycles. The Balaban J connectivity index is 1.61. The van der Waals surface area contributed by atoms with Crippen molar-refractivity contribution in [1.29, 1.82) is 0 Å². The van der Waals surface area contributed by atoms with E-state index in [0.29, 0.717) is 26.8 Å². The van der Waals surface area contributed by atoms with Gasteiger partial charge in [0.2, 0.25) is 0 Å². The lowest BCUT2D eigenvalue weighted by Gasteiger charge is -2.18. The van der Waals surface area contributed by atoms with Crippen LogP contribution in [0, 0.1) is 6.92 Å². The van der Waals surface area contributed by atoms with Crippen molar-refractivity contribution < 1.29 is 9.59 Å². The summed E-state index contributed by atoms with van der Waals surface area (Å²) in [7, 11) is 0. The second kappa shape index (κ2) is 7.19. The van der Waals surface area contributed by atoms with Gasteiger partial charge in [0.05, 0.1) is 16.8 Å². The Morgan fingerprint density at radius 3 is 2.36 bits per heavy atom. The second-order valence-corrected chi connectivity index (χ2v) is 7.30. The summed E-state index contributed by atoms with van der Waals surface area (Å²) in [6, 6.07) is 19.8. The second-order valence-electron chi connectivity index (χ2n) is 6.46. The molecule has 0 atom stereocenters. The summed E-state index contributed by atoms with van der Waals surface area (Å²) in [5.74, 6) is -0.716. The number of rotatable bonds is 3. The number of halogens is 1. The maximum absolute atomic E-state index is 12.8. The van der Waals surface area contributed by atoms with E-state index in [-0.39, 0.29) is 11.8 Å². The van der Waals surface area contributed by atoms with Gasteiger partial charge in [-0.05, 0) is 48.9 Å². The molecule has 3 aromatic rings. The number of fused-ring (bicyclic) bond motifs is 1. The number of nitrogens with zero attached hydrogens (tertiary/aromatic N) is 1. The molecule has 0 aliphatic carbocycles. The third-order valence-electron chi connectivity index (χ3n) is 4.58. The molecule has 0 saturated heterocycles. The van der Waals surface area contributed by atoms with E-state index in [1.807, 2.05) is 43.3 Å². The quantitative estimate of drug-likeness (QED) is 0.477. The van der Waals surface area contributed by atoms with Crippen LogP contribution in [0.2, 0.25) is 5.02 Å². The van der Waals surface area contributed by atoms with Crippen LogP contribution < -0.4 is 10.2 Å². The first-order chi connectivity index (χ1) is 13.5. The maximum Gasteiger partial charge on any atom is 0.266 e. The van der Waals surface area contributed by atoms with Gasteiger partial charge < -0.3 is 5.32 Å². The Morgan fingerprint density at radius 1 is 0.929 bits per heavy atom. The van der Waals surface area contributed by atoms with Gasteiger partial charge in [0.15, 0.2) is 0 Å². The van der Waals surface area contributed by atoms with Gasteiger partial charge in [-0.3, -0.25) is 9.59 Å². The van der Waals surface area contributed by atoms with Gasteiger partial charge in [0.25, 0.3) is 11.8 Å². The van der Waals surface area contributed by atoms with Crippen molar-refractivity contribution in [3.63, 3.8) is 0 Å². The lowest BCUT2D eigenvalue weighted by atomic mass is 10.1. The molecular formula is C22H15ClN2O2S. The summed E-state index contributed by atoms with van der Waals surface area (Å²) in [4.78, 5) is 27.3. The van der Waals surface area contributed by atoms with Crippen LogP contribution in [0.1, 0.15) is 31.8 Å². The van der Waals surface area contributed by atoms with Crippen LogP contribution in [0.4, 0.5) is 11.4 Å². The minimum atomic E-state index is -0.369. The number of hydrogen-bond acceptors (Lipinski definition) is 3. The largest absolute Gasteiger partial charge is 0.346 e. The van der Waals surface area contributed by atoms with Crippen molar-refractivity contribution in [2.45, 2.75) is 6.92 Å². The molecular weight excluding hydrogens is 392 g/mol. The van der Waals surface area contributed by atoms with E-state index < -0.39 is 0 Å². The van der Waals surface area contributed by atoms with E-state index in [2.05, 4.69) is 5.32 Å². The van der Waals surface area contributed by atoms with Gasteiger partial charge in [-0.2, -0.15) is 0 Å². The highest BCUT2D eigenvalue weighted by atomic mass is 35.5. The summed E-state index contributed by atoms with van der Waals surface area (Å²) < 4.78 is 0. The third-order valence-corrected chi connectivity index (χ3v) is 5.15. The molecule has 0 bridgehead atoms. The van der Waals surface area contributed by atoms with Crippen LogP contribution in [0.3, 0.4) is 0 Å². The molecule has 138 valence electrons. The fourth-order valence-corrected chi connectivity index (χ4v) is 3.63. The first-order valence-corrected chi connectivity index (χ1v) is 9.40. The van der Waals surface area contributed by atoms with Gasteiger partial charge >= 0.3 is 0 Å². The highest BCUT2D eigenvalue weighted by Gasteiger charge is 2.37. The fraction of sp³-hybridized carbons (Fsp3) is 0.0455. The Hall–Kier alpha value is -3.02. The maximum atomic E-state index is 12.8. The lowest BCUT2D eigenvalue weighted by Crippen LogP contribution is -2.30. The molecule has 4 nitrogen and oxygen atoms in total. The Kier molecular flexibility index (Phi) is 4.71. The van der Waals surface area contributed by atoms with Gasteiger partial charge in [0, 0.05) is 16.3 Å². The van der Waals surface area contributed by atoms with Crippen LogP contribution in [-0.2, 0) is 0 Å². The molecule has 2 amide bonds. The number of thiocarbonyl (C=S) groups is 1. The zero-order valence-electron chi connectivity index (χ0n) is 14.9. The zero-order chi connectivity index (χ0) is 19.8. The van der Waals surface area contributed by atoms with Crippen molar-refractivity contribution in [2.24, 2.45) is 0 Å². The molecule has 0 aromatic heterocycles. The Labute approximate surface area is 172 Å². The van der Waals surface area contributed by atoms with E-state index in [4.69, 9.17) is 23.8 Å². The van der Waals surface area contributed by atoms with E-state index in [1.165, 1.54) is 11.0 Å². The molecule has 3 aromatic carbocycles. The predicted molar refractivity (Wildman–Crippen MR) is 116 cm³/mol. The molecule has 0 radical (unpaired) electrons. The minimum absolute atomic E-state index is 0.323. The highest BCUT2D eigenvalue weighted by Crippen LogP contribution is 2.33. The highest BCUT2D eigenvalue weighted by molar-refractivity contribution is 7.81. The average Bonchev–Trinajstić information content (AvgIpc) is 2.93. The van der Waals surface area contributed by atoms with E-state index in [9.17, 15) is 9.59 Å². The van der Waals surface area contributed by atoms with Gasteiger partial charge in [-0.25, -0.2) is 4.90 Å². The first-order valence-electron chi connectivity index (χ1n) is 8.61. The summed E-state index contributed by atoms with van der Waals surface area (Å²) in [5, 5.41) is 3.61. The number of hydrogen-bond donors (Lipinski definition) is 1. The number of amides is 2. The Morgan fingerprint density at radius 2 is 1.64 bits per heavy atom. The molecule has 28 heavy (non-hydrogen) atoms. The van der Waals surface area contributed by atoms with E-state index >= 15 is 0 Å². The van der Waals surface area contributed by atoms with Crippen LogP contribution in [0.5, 0.6) is 0 Å². The lowest BCUT2D eigenvalue weighted by molar-refractivity contribution is 0.0926. The van der Waals surface area contributed by atoms with Crippen molar-refractivity contribution in [2.75, 3.05) is 10.2 Å². The van der Waals surface area contributed by atoms with Crippen LogP contribution in [-0.4, -0.2) is 16.8 Å². The molecule has 0 spiro atoms. The molecule has 4 rings (SSSR count). The summed E-state index contributed by atoms with van der Waals surface area (Å²) >= 11 is 11.4. The van der Waals surface area contributed by atoms with Gasteiger partial charge in [-0.1, -0.05) is 54.2 Å². The molecule has 1 aliphatic heterocycles. The van der Waals surface area contributed by atoms with Crippen LogP contribution in [0.15, 0.2) is 66.7 Å². The van der Waals surface area contributed by atoms with Crippen molar-refractivity contribution >= 4 is 52.0 Å².